The van der Waals surface area contributed by atoms with Crippen molar-refractivity contribution in [2.45, 2.75) is 13.8 Å². The summed E-state index contributed by atoms with van der Waals surface area (Å²) < 4.78 is 0. The number of anilines is 1. The number of nitrogens with zero attached hydrogens (tertiary/aromatic N) is 3. The average Bonchev–Trinajstić information content (AvgIpc) is 3.20. The van der Waals surface area contributed by atoms with E-state index in [2.05, 4.69) is 47.1 Å². The molecule has 4 rings (SSSR count). The van der Waals surface area contributed by atoms with Gasteiger partial charge in [0.05, 0.1) is 17.5 Å². The molecule has 28 heavy (non-hydrogen) atoms. The maximum absolute atomic E-state index is 13.1. The second-order valence-corrected chi connectivity index (χ2v) is 7.67. The van der Waals surface area contributed by atoms with E-state index in [-0.39, 0.29) is 5.91 Å². The largest absolute Gasteiger partial charge is 0.368 e. The number of benzene rings is 2. The lowest BCUT2D eigenvalue weighted by molar-refractivity contribution is 0.0747. The molecule has 1 amide bonds. The Labute approximate surface area is 169 Å². The molecule has 0 spiro atoms. The summed E-state index contributed by atoms with van der Waals surface area (Å²) in [4.78, 5) is 17.4. The van der Waals surface area contributed by atoms with Gasteiger partial charge in [-0.1, -0.05) is 35.9 Å². The molecule has 1 saturated heterocycles. The van der Waals surface area contributed by atoms with Crippen LogP contribution in [0.25, 0.3) is 11.3 Å². The van der Waals surface area contributed by atoms with E-state index in [1.165, 1.54) is 16.8 Å². The number of piperazine rings is 1. The van der Waals surface area contributed by atoms with Crippen LogP contribution in [0, 0.1) is 13.8 Å². The van der Waals surface area contributed by atoms with Gasteiger partial charge in [0, 0.05) is 42.5 Å². The molecule has 6 heteroatoms. The highest BCUT2D eigenvalue weighted by molar-refractivity contribution is 6.30. The van der Waals surface area contributed by atoms with Gasteiger partial charge >= 0.3 is 0 Å². The first-order valence-electron chi connectivity index (χ1n) is 9.44. The number of rotatable bonds is 3. The molecule has 5 nitrogen and oxygen atoms in total. The van der Waals surface area contributed by atoms with Crippen molar-refractivity contribution in [1.82, 2.24) is 15.1 Å². The maximum atomic E-state index is 13.1. The molecule has 1 N–H and O–H groups in total. The van der Waals surface area contributed by atoms with Crippen molar-refractivity contribution in [3.8, 4) is 11.3 Å². The Morgan fingerprint density at radius 2 is 1.75 bits per heavy atom. The summed E-state index contributed by atoms with van der Waals surface area (Å²) in [6.45, 7) is 7.28. The Balaban J connectivity index is 1.49. The minimum atomic E-state index is 0.0133. The summed E-state index contributed by atoms with van der Waals surface area (Å²) in [6, 6.07) is 13.9. The van der Waals surface area contributed by atoms with Crippen molar-refractivity contribution in [3.63, 3.8) is 0 Å². The fraction of sp³-hybridized carbons (Fsp3) is 0.273. The zero-order valence-electron chi connectivity index (χ0n) is 16.1. The topological polar surface area (TPSA) is 52.2 Å². The van der Waals surface area contributed by atoms with E-state index in [1.54, 1.807) is 6.20 Å². The first-order valence-corrected chi connectivity index (χ1v) is 9.81. The number of aryl methyl sites for hydroxylation is 2. The molecule has 2 aromatic carbocycles. The maximum Gasteiger partial charge on any atom is 0.257 e. The molecule has 3 aromatic rings. The lowest BCUT2D eigenvalue weighted by Crippen LogP contribution is -2.49. The first kappa shape index (κ1) is 18.6. The lowest BCUT2D eigenvalue weighted by atomic mass is 10.1. The average molecular weight is 395 g/mol. The number of amides is 1. The van der Waals surface area contributed by atoms with Gasteiger partial charge in [-0.2, -0.15) is 5.10 Å². The van der Waals surface area contributed by atoms with Gasteiger partial charge in [-0.15, -0.1) is 0 Å². The molecule has 1 fully saturated rings. The molecule has 0 radical (unpaired) electrons. The number of carbonyl (C=O) groups excluding carboxylic acids is 1. The van der Waals surface area contributed by atoms with Crippen LogP contribution in [-0.4, -0.2) is 47.2 Å². The van der Waals surface area contributed by atoms with Crippen LogP contribution >= 0.6 is 11.6 Å². The second-order valence-electron chi connectivity index (χ2n) is 7.23. The van der Waals surface area contributed by atoms with E-state index in [9.17, 15) is 4.79 Å². The Morgan fingerprint density at radius 3 is 2.46 bits per heavy atom. The van der Waals surface area contributed by atoms with E-state index < -0.39 is 0 Å². The van der Waals surface area contributed by atoms with Crippen LogP contribution in [0.5, 0.6) is 0 Å². The number of aromatic amines is 1. The minimum Gasteiger partial charge on any atom is -0.368 e. The van der Waals surface area contributed by atoms with Crippen LogP contribution in [0.4, 0.5) is 5.69 Å². The lowest BCUT2D eigenvalue weighted by Gasteiger charge is -2.37. The van der Waals surface area contributed by atoms with Crippen LogP contribution < -0.4 is 4.90 Å². The fourth-order valence-corrected chi connectivity index (χ4v) is 3.79. The predicted molar refractivity (Wildman–Crippen MR) is 113 cm³/mol. The summed E-state index contributed by atoms with van der Waals surface area (Å²) in [5.41, 5.74) is 6.02. The third-order valence-electron chi connectivity index (χ3n) is 5.27. The molecule has 144 valence electrons. The van der Waals surface area contributed by atoms with Crippen LogP contribution in [0.2, 0.25) is 5.02 Å². The highest BCUT2D eigenvalue weighted by atomic mass is 35.5. The monoisotopic (exact) mass is 394 g/mol. The van der Waals surface area contributed by atoms with Crippen molar-refractivity contribution in [1.29, 1.82) is 0 Å². The molecule has 0 unspecified atom stereocenters. The van der Waals surface area contributed by atoms with Crippen LogP contribution in [-0.2, 0) is 0 Å². The summed E-state index contributed by atoms with van der Waals surface area (Å²) in [5.74, 6) is 0.0133. The Hall–Kier alpha value is -2.79. The number of aromatic nitrogens is 2. The van der Waals surface area contributed by atoms with Gasteiger partial charge in [-0.05, 0) is 43.2 Å². The van der Waals surface area contributed by atoms with Crippen molar-refractivity contribution in [2.75, 3.05) is 31.1 Å². The number of hydrogen-bond donors (Lipinski definition) is 1. The summed E-state index contributed by atoms with van der Waals surface area (Å²) >= 11 is 5.98. The first-order chi connectivity index (χ1) is 13.5. The number of halogens is 1. The number of carbonyl (C=O) groups is 1. The van der Waals surface area contributed by atoms with Gasteiger partial charge in [-0.25, -0.2) is 0 Å². The Bertz CT molecular complexity index is 988. The Morgan fingerprint density at radius 1 is 1.04 bits per heavy atom. The van der Waals surface area contributed by atoms with Gasteiger partial charge in [0.25, 0.3) is 5.91 Å². The van der Waals surface area contributed by atoms with Crippen molar-refractivity contribution in [2.24, 2.45) is 0 Å². The second kappa shape index (κ2) is 7.68. The van der Waals surface area contributed by atoms with Crippen molar-refractivity contribution < 1.29 is 4.79 Å². The van der Waals surface area contributed by atoms with E-state index >= 15 is 0 Å². The molecule has 0 atom stereocenters. The van der Waals surface area contributed by atoms with Gasteiger partial charge in [0.1, 0.15) is 0 Å². The zero-order valence-corrected chi connectivity index (χ0v) is 16.8. The Kier molecular flexibility index (Phi) is 5.09. The number of H-pyrrole nitrogens is 1. The predicted octanol–water partition coefficient (Wildman–Crippen LogP) is 4.31. The summed E-state index contributed by atoms with van der Waals surface area (Å²) in [5, 5.41) is 7.73. The van der Waals surface area contributed by atoms with Gasteiger partial charge in [0.15, 0.2) is 0 Å². The van der Waals surface area contributed by atoms with E-state index in [0.29, 0.717) is 23.7 Å². The molecular weight excluding hydrogens is 372 g/mol. The molecule has 1 aromatic heterocycles. The summed E-state index contributed by atoms with van der Waals surface area (Å²) in [7, 11) is 0. The highest BCUT2D eigenvalue weighted by Crippen LogP contribution is 2.26. The SMILES string of the molecule is Cc1ccc(C)c(N2CCN(C(=O)c3cn[nH]c3-c3ccc(Cl)cc3)CC2)c1. The van der Waals surface area contributed by atoms with Crippen molar-refractivity contribution in [3.05, 3.63) is 70.4 Å². The molecule has 1 aliphatic heterocycles. The van der Waals surface area contributed by atoms with Gasteiger partial charge in [-0.3, -0.25) is 9.89 Å². The fourth-order valence-electron chi connectivity index (χ4n) is 3.67. The number of nitrogens with one attached hydrogen (secondary N) is 1. The van der Waals surface area contributed by atoms with Gasteiger partial charge in [0.2, 0.25) is 0 Å². The molecule has 0 saturated carbocycles. The molecular formula is C22H23ClN4O. The highest BCUT2D eigenvalue weighted by Gasteiger charge is 2.26. The van der Waals surface area contributed by atoms with Crippen LogP contribution in [0.15, 0.2) is 48.7 Å². The standard InChI is InChI=1S/C22H23ClN4O/c1-15-3-4-16(2)20(13-15)26-9-11-27(12-10-26)22(28)19-14-24-25-21(19)17-5-7-18(23)8-6-17/h3-8,13-14H,9-12H2,1-2H3,(H,24,25). The molecule has 2 heterocycles. The molecule has 0 aliphatic carbocycles. The smallest absolute Gasteiger partial charge is 0.257 e. The minimum absolute atomic E-state index is 0.0133. The summed E-state index contributed by atoms with van der Waals surface area (Å²) in [6.07, 6.45) is 1.61. The van der Waals surface area contributed by atoms with E-state index in [4.69, 9.17) is 11.6 Å². The van der Waals surface area contributed by atoms with E-state index in [1.807, 2.05) is 29.2 Å². The number of hydrogen-bond acceptors (Lipinski definition) is 3. The molecule has 1 aliphatic rings. The normalized spacial score (nSPS) is 14.4. The van der Waals surface area contributed by atoms with Crippen molar-refractivity contribution >= 4 is 23.2 Å². The molecule has 0 bridgehead atoms. The van der Waals surface area contributed by atoms with Gasteiger partial charge < -0.3 is 9.80 Å². The van der Waals surface area contributed by atoms with E-state index in [0.717, 1.165) is 24.3 Å². The third kappa shape index (κ3) is 3.62. The quantitative estimate of drug-likeness (QED) is 0.720. The third-order valence-corrected chi connectivity index (χ3v) is 5.53. The zero-order chi connectivity index (χ0) is 19.7. The van der Waals surface area contributed by atoms with Crippen LogP contribution in [0.3, 0.4) is 0 Å². The van der Waals surface area contributed by atoms with Crippen LogP contribution in [0.1, 0.15) is 21.5 Å².